The molecule has 0 radical (unpaired) electrons. The summed E-state index contributed by atoms with van der Waals surface area (Å²) in [5.41, 5.74) is 1.04. The van der Waals surface area contributed by atoms with Crippen molar-refractivity contribution in [2.24, 2.45) is 0 Å². The molecule has 1 aromatic heterocycles. The molecule has 12 heavy (non-hydrogen) atoms. The van der Waals surface area contributed by atoms with E-state index in [-0.39, 0.29) is 0 Å². The molecular weight excluding hydrogens is 218 g/mol. The lowest BCUT2D eigenvalue weighted by Gasteiger charge is -2.04. The van der Waals surface area contributed by atoms with Crippen molar-refractivity contribution in [1.29, 1.82) is 0 Å². The average molecular weight is 230 g/mol. The maximum Gasteiger partial charge on any atom is 0.213 e. The minimum absolute atomic E-state index is 0.664. The highest BCUT2D eigenvalue weighted by molar-refractivity contribution is 9.10. The van der Waals surface area contributed by atoms with Crippen LogP contribution < -0.4 is 4.74 Å². The molecule has 0 unspecified atom stereocenters. The van der Waals surface area contributed by atoms with Gasteiger partial charge in [-0.05, 0) is 35.3 Å². The van der Waals surface area contributed by atoms with Crippen LogP contribution in [-0.2, 0) is 6.42 Å². The molecule has 0 fully saturated rings. The molecule has 0 aliphatic carbocycles. The Morgan fingerprint density at radius 3 is 2.75 bits per heavy atom. The van der Waals surface area contributed by atoms with Gasteiger partial charge in [0.1, 0.15) is 0 Å². The monoisotopic (exact) mass is 229 g/mol. The topological polar surface area (TPSA) is 22.1 Å². The number of hydrogen-bond acceptors (Lipinski definition) is 2. The standard InChI is InChI=1S/C9H12BrNO/c1-3-8-7(10)5-6-9(11-8)12-4-2/h5-6H,3-4H2,1-2H3. The molecule has 2 nitrogen and oxygen atoms in total. The third-order valence-electron chi connectivity index (χ3n) is 1.52. The normalized spacial score (nSPS) is 9.92. The average Bonchev–Trinajstić information content (AvgIpc) is 2.09. The zero-order valence-electron chi connectivity index (χ0n) is 7.30. The third kappa shape index (κ3) is 2.21. The van der Waals surface area contributed by atoms with Crippen molar-refractivity contribution in [2.45, 2.75) is 20.3 Å². The molecule has 1 rings (SSSR count). The minimum atomic E-state index is 0.664. The van der Waals surface area contributed by atoms with Crippen LogP contribution in [0.5, 0.6) is 5.88 Å². The summed E-state index contributed by atoms with van der Waals surface area (Å²) in [6.07, 6.45) is 0.918. The summed E-state index contributed by atoms with van der Waals surface area (Å²) in [4.78, 5) is 4.31. The quantitative estimate of drug-likeness (QED) is 0.796. The van der Waals surface area contributed by atoms with Crippen molar-refractivity contribution in [3.8, 4) is 5.88 Å². The van der Waals surface area contributed by atoms with Crippen LogP contribution in [-0.4, -0.2) is 11.6 Å². The fraction of sp³-hybridized carbons (Fsp3) is 0.444. The lowest BCUT2D eigenvalue weighted by molar-refractivity contribution is 0.326. The van der Waals surface area contributed by atoms with Gasteiger partial charge in [0, 0.05) is 10.5 Å². The summed E-state index contributed by atoms with van der Waals surface area (Å²) in [5.74, 6) is 0.706. The summed E-state index contributed by atoms with van der Waals surface area (Å²) >= 11 is 3.42. The molecule has 1 aromatic rings. The van der Waals surface area contributed by atoms with E-state index in [2.05, 4.69) is 27.8 Å². The highest BCUT2D eigenvalue weighted by atomic mass is 79.9. The Kier molecular flexibility index (Phi) is 3.53. The number of hydrogen-bond donors (Lipinski definition) is 0. The van der Waals surface area contributed by atoms with E-state index < -0.39 is 0 Å². The lowest BCUT2D eigenvalue weighted by Crippen LogP contribution is -1.97. The van der Waals surface area contributed by atoms with Gasteiger partial charge in [-0.25, -0.2) is 4.98 Å². The summed E-state index contributed by atoms with van der Waals surface area (Å²) in [6.45, 7) is 4.69. The van der Waals surface area contributed by atoms with Crippen molar-refractivity contribution < 1.29 is 4.74 Å². The van der Waals surface area contributed by atoms with Gasteiger partial charge in [-0.15, -0.1) is 0 Å². The van der Waals surface area contributed by atoms with E-state index in [0.29, 0.717) is 12.5 Å². The first-order chi connectivity index (χ1) is 5.77. The van der Waals surface area contributed by atoms with Crippen LogP contribution in [0.4, 0.5) is 0 Å². The van der Waals surface area contributed by atoms with E-state index in [9.17, 15) is 0 Å². The van der Waals surface area contributed by atoms with Crippen LogP contribution in [0.25, 0.3) is 0 Å². The minimum Gasteiger partial charge on any atom is -0.478 e. The van der Waals surface area contributed by atoms with Gasteiger partial charge >= 0.3 is 0 Å². The second-order valence-electron chi connectivity index (χ2n) is 2.36. The smallest absolute Gasteiger partial charge is 0.213 e. The van der Waals surface area contributed by atoms with Crippen molar-refractivity contribution in [2.75, 3.05) is 6.61 Å². The second-order valence-corrected chi connectivity index (χ2v) is 3.22. The Hall–Kier alpha value is -0.570. The van der Waals surface area contributed by atoms with Gasteiger partial charge in [-0.3, -0.25) is 0 Å². The number of ether oxygens (including phenoxy) is 1. The molecule has 0 saturated carbocycles. The number of rotatable bonds is 3. The highest BCUT2D eigenvalue weighted by Gasteiger charge is 2.00. The number of pyridine rings is 1. The molecule has 0 N–H and O–H groups in total. The summed E-state index contributed by atoms with van der Waals surface area (Å²) in [7, 11) is 0. The molecular formula is C9H12BrNO. The lowest BCUT2D eigenvalue weighted by atomic mass is 10.3. The predicted molar refractivity (Wildman–Crippen MR) is 52.5 cm³/mol. The van der Waals surface area contributed by atoms with E-state index in [1.54, 1.807) is 0 Å². The van der Waals surface area contributed by atoms with Gasteiger partial charge in [0.25, 0.3) is 0 Å². The van der Waals surface area contributed by atoms with Crippen molar-refractivity contribution in [3.05, 3.63) is 22.3 Å². The van der Waals surface area contributed by atoms with Crippen LogP contribution in [0.3, 0.4) is 0 Å². The summed E-state index contributed by atoms with van der Waals surface area (Å²) in [5, 5.41) is 0. The first-order valence-electron chi connectivity index (χ1n) is 4.06. The molecule has 0 spiro atoms. The van der Waals surface area contributed by atoms with Crippen LogP contribution in [0.1, 0.15) is 19.5 Å². The summed E-state index contributed by atoms with van der Waals surface area (Å²) in [6, 6.07) is 3.84. The van der Waals surface area contributed by atoms with E-state index in [1.165, 1.54) is 0 Å². The molecule has 66 valence electrons. The Bertz CT molecular complexity index is 263. The Balaban J connectivity index is 2.89. The van der Waals surface area contributed by atoms with Gasteiger partial charge in [-0.1, -0.05) is 6.92 Å². The Morgan fingerprint density at radius 1 is 1.42 bits per heavy atom. The molecule has 0 bridgehead atoms. The number of aryl methyl sites for hydroxylation is 1. The van der Waals surface area contributed by atoms with Crippen LogP contribution in [0.2, 0.25) is 0 Å². The largest absolute Gasteiger partial charge is 0.478 e. The zero-order valence-corrected chi connectivity index (χ0v) is 8.89. The first kappa shape index (κ1) is 9.52. The Morgan fingerprint density at radius 2 is 2.17 bits per heavy atom. The molecule has 0 saturated heterocycles. The highest BCUT2D eigenvalue weighted by Crippen LogP contribution is 2.18. The molecule has 0 aliphatic rings. The SMILES string of the molecule is CCOc1ccc(Br)c(CC)n1. The van der Waals surface area contributed by atoms with E-state index in [4.69, 9.17) is 4.74 Å². The number of halogens is 1. The predicted octanol–water partition coefficient (Wildman–Crippen LogP) is 2.81. The van der Waals surface area contributed by atoms with Gasteiger partial charge < -0.3 is 4.74 Å². The van der Waals surface area contributed by atoms with E-state index >= 15 is 0 Å². The summed E-state index contributed by atoms with van der Waals surface area (Å²) < 4.78 is 6.32. The van der Waals surface area contributed by atoms with Crippen molar-refractivity contribution in [3.63, 3.8) is 0 Å². The zero-order chi connectivity index (χ0) is 8.97. The molecule has 0 aliphatic heterocycles. The van der Waals surface area contributed by atoms with Gasteiger partial charge in [0.2, 0.25) is 5.88 Å². The maximum absolute atomic E-state index is 5.27. The van der Waals surface area contributed by atoms with E-state index in [0.717, 1.165) is 16.6 Å². The van der Waals surface area contributed by atoms with Crippen molar-refractivity contribution >= 4 is 15.9 Å². The van der Waals surface area contributed by atoms with Gasteiger partial charge in [0.05, 0.1) is 12.3 Å². The van der Waals surface area contributed by atoms with Crippen LogP contribution >= 0.6 is 15.9 Å². The molecule has 1 heterocycles. The Labute approximate surface area is 81.1 Å². The fourth-order valence-corrected chi connectivity index (χ4v) is 1.44. The van der Waals surface area contributed by atoms with Crippen molar-refractivity contribution in [1.82, 2.24) is 4.98 Å². The number of aromatic nitrogens is 1. The first-order valence-corrected chi connectivity index (χ1v) is 4.85. The molecule has 0 aromatic carbocycles. The fourth-order valence-electron chi connectivity index (χ4n) is 0.941. The molecule has 0 amide bonds. The van der Waals surface area contributed by atoms with Crippen LogP contribution in [0.15, 0.2) is 16.6 Å². The van der Waals surface area contributed by atoms with Crippen LogP contribution in [0, 0.1) is 0 Å². The van der Waals surface area contributed by atoms with Gasteiger partial charge in [-0.2, -0.15) is 0 Å². The maximum atomic E-state index is 5.27. The molecule has 3 heteroatoms. The van der Waals surface area contributed by atoms with Gasteiger partial charge in [0.15, 0.2) is 0 Å². The van der Waals surface area contributed by atoms with E-state index in [1.807, 2.05) is 19.1 Å². The number of nitrogens with zero attached hydrogens (tertiary/aromatic N) is 1. The second kappa shape index (κ2) is 4.45. The molecule has 0 atom stereocenters. The third-order valence-corrected chi connectivity index (χ3v) is 2.24.